The van der Waals surface area contributed by atoms with Gasteiger partial charge in [-0.2, -0.15) is 0 Å². The predicted octanol–water partition coefficient (Wildman–Crippen LogP) is 2.82. The Kier molecular flexibility index (Phi) is 4.16. The number of aromatic nitrogens is 1. The van der Waals surface area contributed by atoms with Crippen LogP contribution in [0.15, 0.2) is 18.3 Å². The lowest BCUT2D eigenvalue weighted by atomic mass is 9.82. The maximum absolute atomic E-state index is 5.78. The molecule has 0 amide bonds. The van der Waals surface area contributed by atoms with Crippen molar-refractivity contribution in [2.75, 3.05) is 0 Å². The molecule has 16 heavy (non-hydrogen) atoms. The number of halogens is 1. The highest BCUT2D eigenvalue weighted by atomic mass is 35.5. The number of hydrogen-bond acceptors (Lipinski definition) is 3. The lowest BCUT2D eigenvalue weighted by Crippen LogP contribution is -2.34. The molecule has 1 aliphatic carbocycles. The Bertz CT molecular complexity index is 320. The summed E-state index contributed by atoms with van der Waals surface area (Å²) in [5.74, 6) is 6.29. The van der Waals surface area contributed by atoms with E-state index in [1.54, 1.807) is 0 Å². The fourth-order valence-corrected chi connectivity index (χ4v) is 2.65. The van der Waals surface area contributed by atoms with Crippen molar-refractivity contribution in [2.24, 2.45) is 11.8 Å². The molecule has 1 heterocycles. The Morgan fingerprint density at radius 2 is 2.06 bits per heavy atom. The molecule has 1 aromatic rings. The van der Waals surface area contributed by atoms with Gasteiger partial charge in [0.1, 0.15) is 5.15 Å². The van der Waals surface area contributed by atoms with Gasteiger partial charge in [0.2, 0.25) is 0 Å². The number of rotatable bonds is 3. The van der Waals surface area contributed by atoms with Gasteiger partial charge in [-0.3, -0.25) is 11.3 Å². The summed E-state index contributed by atoms with van der Waals surface area (Å²) in [6.45, 7) is 0. The summed E-state index contributed by atoms with van der Waals surface area (Å²) in [6.07, 6.45) is 8.29. The zero-order valence-corrected chi connectivity index (χ0v) is 10.1. The van der Waals surface area contributed by atoms with Crippen LogP contribution in [0.5, 0.6) is 0 Å². The van der Waals surface area contributed by atoms with E-state index in [9.17, 15) is 0 Å². The lowest BCUT2D eigenvalue weighted by Gasteiger charge is -2.29. The van der Waals surface area contributed by atoms with Gasteiger partial charge < -0.3 is 0 Å². The summed E-state index contributed by atoms with van der Waals surface area (Å²) in [7, 11) is 0. The van der Waals surface area contributed by atoms with Crippen LogP contribution in [-0.2, 0) is 0 Å². The monoisotopic (exact) mass is 239 g/mol. The second-order valence-electron chi connectivity index (χ2n) is 4.46. The summed E-state index contributed by atoms with van der Waals surface area (Å²) >= 11 is 5.78. The van der Waals surface area contributed by atoms with E-state index < -0.39 is 0 Å². The molecule has 2 rings (SSSR count). The average Bonchev–Trinajstić information content (AvgIpc) is 2.34. The smallest absolute Gasteiger partial charge is 0.129 e. The quantitative estimate of drug-likeness (QED) is 0.485. The first-order chi connectivity index (χ1) is 7.81. The normalized spacial score (nSPS) is 19.6. The zero-order valence-electron chi connectivity index (χ0n) is 9.32. The molecule has 0 bridgehead atoms. The number of pyridine rings is 1. The van der Waals surface area contributed by atoms with Gasteiger partial charge in [-0.15, -0.1) is 0 Å². The number of hydrogen-bond donors (Lipinski definition) is 2. The summed E-state index contributed by atoms with van der Waals surface area (Å²) in [4.78, 5) is 4.11. The van der Waals surface area contributed by atoms with E-state index in [2.05, 4.69) is 10.4 Å². The molecule has 0 radical (unpaired) electrons. The van der Waals surface area contributed by atoms with Gasteiger partial charge in [0.15, 0.2) is 0 Å². The molecule has 4 heteroatoms. The van der Waals surface area contributed by atoms with Gasteiger partial charge in [0.05, 0.1) is 6.04 Å². The summed E-state index contributed by atoms with van der Waals surface area (Å²) in [5, 5.41) is 0.531. The third-order valence-corrected chi connectivity index (χ3v) is 3.63. The summed E-state index contributed by atoms with van der Waals surface area (Å²) in [5.41, 5.74) is 4.06. The van der Waals surface area contributed by atoms with Crippen LogP contribution >= 0.6 is 11.6 Å². The van der Waals surface area contributed by atoms with Crippen molar-refractivity contribution < 1.29 is 0 Å². The molecule has 1 fully saturated rings. The minimum Gasteiger partial charge on any atom is -0.271 e. The van der Waals surface area contributed by atoms with Gasteiger partial charge in [-0.25, -0.2) is 4.98 Å². The van der Waals surface area contributed by atoms with Crippen LogP contribution in [0.2, 0.25) is 5.15 Å². The van der Waals surface area contributed by atoms with Gasteiger partial charge in [0.25, 0.3) is 0 Å². The lowest BCUT2D eigenvalue weighted by molar-refractivity contribution is 0.273. The SMILES string of the molecule is NNC(c1ccc(Cl)nc1)C1CCCCC1. The molecule has 88 valence electrons. The van der Waals surface area contributed by atoms with Crippen molar-refractivity contribution in [2.45, 2.75) is 38.1 Å². The molecule has 0 spiro atoms. The van der Waals surface area contributed by atoms with Crippen molar-refractivity contribution in [3.05, 3.63) is 29.0 Å². The third-order valence-electron chi connectivity index (χ3n) is 3.41. The largest absolute Gasteiger partial charge is 0.271 e. The summed E-state index contributed by atoms with van der Waals surface area (Å²) in [6, 6.07) is 4.04. The molecule has 0 aromatic carbocycles. The highest BCUT2D eigenvalue weighted by molar-refractivity contribution is 6.29. The number of hydrazine groups is 1. The number of nitrogens with two attached hydrogens (primary N) is 1. The maximum Gasteiger partial charge on any atom is 0.129 e. The maximum atomic E-state index is 5.78. The molecule has 1 atom stereocenters. The van der Waals surface area contributed by atoms with Crippen molar-refractivity contribution in [3.8, 4) is 0 Å². The first kappa shape index (κ1) is 11.8. The Morgan fingerprint density at radius 3 is 2.62 bits per heavy atom. The summed E-state index contributed by atoms with van der Waals surface area (Å²) < 4.78 is 0. The zero-order chi connectivity index (χ0) is 11.4. The number of nitrogens with one attached hydrogen (secondary N) is 1. The highest BCUT2D eigenvalue weighted by Crippen LogP contribution is 2.33. The van der Waals surface area contributed by atoms with Crippen LogP contribution < -0.4 is 11.3 Å². The Labute approximate surface area is 101 Å². The van der Waals surface area contributed by atoms with Crippen molar-refractivity contribution in [1.29, 1.82) is 0 Å². The minimum atomic E-state index is 0.213. The second-order valence-corrected chi connectivity index (χ2v) is 4.84. The Hall–Kier alpha value is -0.640. The van der Waals surface area contributed by atoms with E-state index in [1.807, 2.05) is 18.3 Å². The molecule has 0 aliphatic heterocycles. The molecule has 1 saturated carbocycles. The van der Waals surface area contributed by atoms with Gasteiger partial charge in [0, 0.05) is 6.20 Å². The Balaban J connectivity index is 2.11. The van der Waals surface area contributed by atoms with Crippen LogP contribution in [-0.4, -0.2) is 4.98 Å². The van der Waals surface area contributed by atoms with E-state index in [4.69, 9.17) is 17.4 Å². The molecule has 1 aromatic heterocycles. The Morgan fingerprint density at radius 1 is 1.31 bits per heavy atom. The fourth-order valence-electron chi connectivity index (χ4n) is 2.54. The van der Waals surface area contributed by atoms with Crippen molar-refractivity contribution >= 4 is 11.6 Å². The topological polar surface area (TPSA) is 50.9 Å². The molecular formula is C12H18ClN3. The molecule has 3 N–H and O–H groups in total. The van der Waals surface area contributed by atoms with Crippen LogP contribution in [0.1, 0.15) is 43.7 Å². The van der Waals surface area contributed by atoms with E-state index in [0.29, 0.717) is 11.1 Å². The van der Waals surface area contributed by atoms with Gasteiger partial charge >= 0.3 is 0 Å². The molecule has 0 saturated heterocycles. The number of nitrogens with zero attached hydrogens (tertiary/aromatic N) is 1. The van der Waals surface area contributed by atoms with E-state index in [-0.39, 0.29) is 6.04 Å². The molecule has 1 unspecified atom stereocenters. The average molecular weight is 240 g/mol. The fraction of sp³-hybridized carbons (Fsp3) is 0.583. The van der Waals surface area contributed by atoms with E-state index in [1.165, 1.54) is 32.1 Å². The first-order valence-corrected chi connectivity index (χ1v) is 6.26. The predicted molar refractivity (Wildman–Crippen MR) is 65.9 cm³/mol. The van der Waals surface area contributed by atoms with Crippen LogP contribution in [0.4, 0.5) is 0 Å². The van der Waals surface area contributed by atoms with Gasteiger partial charge in [-0.05, 0) is 30.4 Å². The van der Waals surface area contributed by atoms with Crippen molar-refractivity contribution in [1.82, 2.24) is 10.4 Å². The van der Waals surface area contributed by atoms with Crippen molar-refractivity contribution in [3.63, 3.8) is 0 Å². The standard InChI is InChI=1S/C12H18ClN3/c13-11-7-6-10(8-15-11)12(16-14)9-4-2-1-3-5-9/h6-9,12,16H,1-5,14H2. The highest BCUT2D eigenvalue weighted by Gasteiger charge is 2.24. The van der Waals surface area contributed by atoms with E-state index in [0.717, 1.165) is 5.56 Å². The van der Waals surface area contributed by atoms with Gasteiger partial charge in [-0.1, -0.05) is 36.9 Å². The van der Waals surface area contributed by atoms with Crippen LogP contribution in [0, 0.1) is 5.92 Å². The molecule has 3 nitrogen and oxygen atoms in total. The second kappa shape index (κ2) is 5.62. The molecule has 1 aliphatic rings. The first-order valence-electron chi connectivity index (χ1n) is 5.89. The minimum absolute atomic E-state index is 0.213. The van der Waals surface area contributed by atoms with E-state index >= 15 is 0 Å². The van der Waals surface area contributed by atoms with Crippen LogP contribution in [0.3, 0.4) is 0 Å². The molecular weight excluding hydrogens is 222 g/mol. The van der Waals surface area contributed by atoms with Crippen LogP contribution in [0.25, 0.3) is 0 Å². The third kappa shape index (κ3) is 2.73.